The second-order valence-corrected chi connectivity index (χ2v) is 3.35. The van der Waals surface area contributed by atoms with Crippen molar-refractivity contribution in [2.75, 3.05) is 7.05 Å². The van der Waals surface area contributed by atoms with Crippen LogP contribution in [0, 0.1) is 0 Å². The Morgan fingerprint density at radius 1 is 1.40 bits per heavy atom. The molecule has 0 amide bonds. The highest BCUT2D eigenvalue weighted by Crippen LogP contribution is 2.30. The summed E-state index contributed by atoms with van der Waals surface area (Å²) in [6, 6.07) is 0. The van der Waals surface area contributed by atoms with Crippen LogP contribution in [0.2, 0.25) is 12.1 Å². The fourth-order valence-electron chi connectivity index (χ4n) is 0.697. The van der Waals surface area contributed by atoms with Crippen LogP contribution in [0.25, 0.3) is 0 Å². The molecule has 0 atom stereocenters. The average molecular weight is 143 g/mol. The van der Waals surface area contributed by atoms with Gasteiger partial charge in [0.05, 0.1) is 0 Å². The summed E-state index contributed by atoms with van der Waals surface area (Å²) in [4.78, 5) is 0. The molecule has 0 saturated heterocycles. The Balaban J connectivity index is 0. The van der Waals surface area contributed by atoms with E-state index < -0.39 is 0 Å². The Kier molecular flexibility index (Phi) is 6.06. The van der Waals surface area contributed by atoms with Gasteiger partial charge in [-0.1, -0.05) is 41.4 Å². The maximum Gasteiger partial charge on any atom is 0.222 e. The predicted octanol–water partition coefficient (Wildman–Crippen LogP) is 2.65. The molecule has 62 valence electrons. The molecule has 0 rings (SSSR count). The first kappa shape index (κ1) is 12.7. The van der Waals surface area contributed by atoms with Gasteiger partial charge in [0.2, 0.25) is 6.85 Å². The fraction of sp³-hybridized carbons (Fsp3) is 1.00. The zero-order valence-corrected chi connectivity index (χ0v) is 7.28. The Morgan fingerprint density at radius 3 is 1.90 bits per heavy atom. The van der Waals surface area contributed by atoms with Gasteiger partial charge in [-0.25, -0.2) is 0 Å². The van der Waals surface area contributed by atoms with E-state index in [9.17, 15) is 0 Å². The molecule has 0 aromatic rings. The van der Waals surface area contributed by atoms with Gasteiger partial charge in [0.15, 0.2) is 0 Å². The molecule has 2 heteroatoms. The molecule has 0 aliphatic rings. The van der Waals surface area contributed by atoms with Gasteiger partial charge in [0.25, 0.3) is 0 Å². The lowest BCUT2D eigenvalue weighted by atomic mass is 9.44. The molecular weight excluding hydrogens is 121 g/mol. The van der Waals surface area contributed by atoms with Gasteiger partial charge in [-0.15, -0.1) is 0 Å². The van der Waals surface area contributed by atoms with E-state index in [2.05, 4.69) is 32.8 Å². The third kappa shape index (κ3) is 3.26. The van der Waals surface area contributed by atoms with Crippen molar-refractivity contribution in [3.05, 3.63) is 0 Å². The third-order valence-electron chi connectivity index (χ3n) is 2.52. The highest BCUT2D eigenvalue weighted by atomic mass is 14.7. The molecule has 0 heterocycles. The van der Waals surface area contributed by atoms with Crippen LogP contribution in [0.3, 0.4) is 0 Å². The minimum Gasteiger partial charge on any atom is -0.358 e. The van der Waals surface area contributed by atoms with Gasteiger partial charge in [0.1, 0.15) is 0 Å². The van der Waals surface area contributed by atoms with Crippen LogP contribution < -0.4 is 5.23 Å². The minimum absolute atomic E-state index is 0. The van der Waals surface area contributed by atoms with Crippen molar-refractivity contribution in [1.82, 2.24) is 5.23 Å². The Hall–Kier alpha value is 0.0249. The lowest BCUT2D eigenvalue weighted by Gasteiger charge is -2.26. The van der Waals surface area contributed by atoms with E-state index in [0.29, 0.717) is 12.2 Å². The normalized spacial score (nSPS) is 10.5. The summed E-state index contributed by atoms with van der Waals surface area (Å²) < 4.78 is 0. The molecule has 0 aliphatic carbocycles. The highest BCUT2D eigenvalue weighted by molar-refractivity contribution is 6.57. The standard InChI is InChI=1S/C7H18BN.CH4/c1-6-7(2,3)8(4)9-5;/h9H,6H2,1-5H3;1H4. The molecule has 0 fully saturated rings. The van der Waals surface area contributed by atoms with Gasteiger partial charge in [0, 0.05) is 0 Å². The summed E-state index contributed by atoms with van der Waals surface area (Å²) in [5.41, 5.74) is 0. The molecule has 0 aromatic carbocycles. The summed E-state index contributed by atoms with van der Waals surface area (Å²) in [5, 5.41) is 3.70. The molecule has 0 saturated carbocycles. The smallest absolute Gasteiger partial charge is 0.222 e. The summed E-state index contributed by atoms with van der Waals surface area (Å²) in [7, 11) is 2.02. The van der Waals surface area contributed by atoms with Gasteiger partial charge in [-0.3, -0.25) is 0 Å². The molecule has 1 nitrogen and oxygen atoms in total. The van der Waals surface area contributed by atoms with Gasteiger partial charge < -0.3 is 5.23 Å². The fourth-order valence-corrected chi connectivity index (χ4v) is 0.697. The monoisotopic (exact) mass is 143 g/mol. The molecule has 1 N–H and O–H groups in total. The predicted molar refractivity (Wildman–Crippen MR) is 51.7 cm³/mol. The molecule has 0 bridgehead atoms. The first-order valence-corrected chi connectivity index (χ1v) is 3.72. The first-order valence-electron chi connectivity index (χ1n) is 3.72. The number of nitrogens with one attached hydrogen (secondary N) is 1. The molecule has 0 aromatic heterocycles. The molecule has 0 radical (unpaired) electrons. The Morgan fingerprint density at radius 2 is 1.80 bits per heavy atom. The van der Waals surface area contributed by atoms with Crippen LogP contribution in [0.4, 0.5) is 0 Å². The van der Waals surface area contributed by atoms with Crippen molar-refractivity contribution in [3.8, 4) is 0 Å². The van der Waals surface area contributed by atoms with Crippen molar-refractivity contribution >= 4 is 6.85 Å². The SMILES string of the molecule is C.CCC(C)(C)B(C)NC. The third-order valence-corrected chi connectivity index (χ3v) is 2.52. The maximum atomic E-state index is 3.26. The maximum absolute atomic E-state index is 3.26. The van der Waals surface area contributed by atoms with Crippen molar-refractivity contribution in [3.63, 3.8) is 0 Å². The van der Waals surface area contributed by atoms with Crippen molar-refractivity contribution in [2.45, 2.75) is 46.8 Å². The van der Waals surface area contributed by atoms with Gasteiger partial charge in [-0.2, -0.15) is 0 Å². The number of hydrogen-bond donors (Lipinski definition) is 1. The lowest BCUT2D eigenvalue weighted by Crippen LogP contribution is -2.37. The summed E-state index contributed by atoms with van der Waals surface area (Å²) in [5.74, 6) is 0. The number of rotatable bonds is 3. The minimum atomic E-state index is 0. The largest absolute Gasteiger partial charge is 0.358 e. The second-order valence-electron chi connectivity index (χ2n) is 3.35. The zero-order valence-electron chi connectivity index (χ0n) is 7.28. The van der Waals surface area contributed by atoms with Crippen LogP contribution in [0.1, 0.15) is 34.6 Å². The molecule has 0 spiro atoms. The summed E-state index contributed by atoms with van der Waals surface area (Å²) in [6.45, 7) is 9.64. The summed E-state index contributed by atoms with van der Waals surface area (Å²) in [6.07, 6.45) is 1.23. The van der Waals surface area contributed by atoms with Crippen LogP contribution in [-0.4, -0.2) is 13.9 Å². The lowest BCUT2D eigenvalue weighted by molar-refractivity contribution is 0.622. The zero-order chi connectivity index (χ0) is 7.49. The van der Waals surface area contributed by atoms with E-state index in [1.807, 2.05) is 7.05 Å². The van der Waals surface area contributed by atoms with E-state index in [1.54, 1.807) is 0 Å². The van der Waals surface area contributed by atoms with Crippen LogP contribution in [-0.2, 0) is 0 Å². The Bertz CT molecular complexity index is 81.3. The molecule has 10 heavy (non-hydrogen) atoms. The van der Waals surface area contributed by atoms with Crippen LogP contribution >= 0.6 is 0 Å². The van der Waals surface area contributed by atoms with Crippen molar-refractivity contribution < 1.29 is 0 Å². The quantitative estimate of drug-likeness (QED) is 0.599. The van der Waals surface area contributed by atoms with E-state index in [-0.39, 0.29) is 7.43 Å². The van der Waals surface area contributed by atoms with E-state index in [0.717, 1.165) is 0 Å². The van der Waals surface area contributed by atoms with Crippen molar-refractivity contribution in [2.24, 2.45) is 0 Å². The molecular formula is C8H22BN. The summed E-state index contributed by atoms with van der Waals surface area (Å²) >= 11 is 0. The number of hydrogen-bond acceptors (Lipinski definition) is 1. The van der Waals surface area contributed by atoms with Crippen molar-refractivity contribution in [1.29, 1.82) is 0 Å². The van der Waals surface area contributed by atoms with Gasteiger partial charge in [-0.05, 0) is 12.4 Å². The molecule has 0 aliphatic heterocycles. The van der Waals surface area contributed by atoms with E-state index >= 15 is 0 Å². The van der Waals surface area contributed by atoms with Crippen LogP contribution in [0.15, 0.2) is 0 Å². The van der Waals surface area contributed by atoms with E-state index in [1.165, 1.54) is 6.42 Å². The highest BCUT2D eigenvalue weighted by Gasteiger charge is 2.25. The topological polar surface area (TPSA) is 12.0 Å². The van der Waals surface area contributed by atoms with Gasteiger partial charge >= 0.3 is 0 Å². The van der Waals surface area contributed by atoms with E-state index in [4.69, 9.17) is 0 Å². The molecule has 0 unspecified atom stereocenters. The average Bonchev–Trinajstić information content (AvgIpc) is 1.86. The Labute approximate surface area is 66.7 Å². The second kappa shape index (κ2) is 4.78. The van der Waals surface area contributed by atoms with Crippen LogP contribution in [0.5, 0.6) is 0 Å². The first-order chi connectivity index (χ1) is 4.04.